The molecule has 3 rings (SSSR count). The van der Waals surface area contributed by atoms with Gasteiger partial charge in [0.2, 0.25) is 0 Å². The summed E-state index contributed by atoms with van der Waals surface area (Å²) in [6.45, 7) is 2.04. The fraction of sp³-hybridized carbons (Fsp3) is 0.0769. The van der Waals surface area contributed by atoms with Gasteiger partial charge in [0.15, 0.2) is 5.65 Å². The third-order valence-corrected chi connectivity index (χ3v) is 3.42. The second kappa shape index (κ2) is 4.24. The number of fused-ring (bicyclic) bond motifs is 1. The van der Waals surface area contributed by atoms with E-state index in [1.165, 1.54) is 0 Å². The molecule has 0 aliphatic heterocycles. The van der Waals surface area contributed by atoms with Crippen LogP contribution in [0.2, 0.25) is 0 Å². The fourth-order valence-corrected chi connectivity index (χ4v) is 2.62. The maximum absolute atomic E-state index is 5.86. The summed E-state index contributed by atoms with van der Waals surface area (Å²) in [6, 6.07) is 7.85. The predicted molar refractivity (Wildman–Crippen MR) is 81.2 cm³/mol. The number of H-pyrrole nitrogens is 1. The first kappa shape index (κ1) is 11.5. The van der Waals surface area contributed by atoms with Gasteiger partial charge in [-0.25, -0.2) is 9.97 Å². The summed E-state index contributed by atoms with van der Waals surface area (Å²) in [4.78, 5) is 12.1. The first-order valence-electron chi connectivity index (χ1n) is 5.51. The molecule has 2 aromatic heterocycles. The van der Waals surface area contributed by atoms with Crippen LogP contribution in [0.4, 0.5) is 5.69 Å². The molecule has 0 aliphatic carbocycles. The van der Waals surface area contributed by atoms with E-state index in [0.29, 0.717) is 0 Å². The number of aromatic amines is 1. The van der Waals surface area contributed by atoms with Crippen LogP contribution in [-0.4, -0.2) is 15.0 Å². The van der Waals surface area contributed by atoms with Crippen molar-refractivity contribution >= 4 is 39.4 Å². The highest BCUT2D eigenvalue weighted by Gasteiger charge is 2.08. The number of aromatic nitrogens is 3. The molecule has 0 fully saturated rings. The Kier molecular flexibility index (Phi) is 2.70. The number of anilines is 1. The zero-order valence-corrected chi connectivity index (χ0v) is 11.9. The fourth-order valence-electron chi connectivity index (χ4n) is 1.92. The van der Waals surface area contributed by atoms with Crippen LogP contribution in [0.25, 0.3) is 22.6 Å². The molecule has 2 heterocycles. The first-order chi connectivity index (χ1) is 8.63. The van der Waals surface area contributed by atoms with E-state index in [9.17, 15) is 0 Å². The van der Waals surface area contributed by atoms with Crippen LogP contribution >= 0.6 is 22.6 Å². The Morgan fingerprint density at radius 3 is 2.83 bits per heavy atom. The van der Waals surface area contributed by atoms with Crippen molar-refractivity contribution in [1.29, 1.82) is 0 Å². The lowest BCUT2D eigenvalue weighted by atomic mass is 10.2. The van der Waals surface area contributed by atoms with Crippen LogP contribution in [0.5, 0.6) is 0 Å². The van der Waals surface area contributed by atoms with Crippen LogP contribution in [0.3, 0.4) is 0 Å². The van der Waals surface area contributed by atoms with E-state index >= 15 is 0 Å². The maximum atomic E-state index is 5.86. The van der Waals surface area contributed by atoms with Crippen molar-refractivity contribution in [3.63, 3.8) is 0 Å². The van der Waals surface area contributed by atoms with Gasteiger partial charge in [0.05, 0.1) is 5.52 Å². The third kappa shape index (κ3) is 1.94. The molecule has 18 heavy (non-hydrogen) atoms. The van der Waals surface area contributed by atoms with E-state index in [1.807, 2.05) is 31.2 Å². The molecule has 0 amide bonds. The van der Waals surface area contributed by atoms with E-state index in [-0.39, 0.29) is 0 Å². The lowest BCUT2D eigenvalue weighted by molar-refractivity contribution is 1.30. The third-order valence-electron chi connectivity index (χ3n) is 2.79. The lowest BCUT2D eigenvalue weighted by Crippen LogP contribution is -1.88. The normalized spacial score (nSPS) is 11.0. The van der Waals surface area contributed by atoms with Gasteiger partial charge in [-0.15, -0.1) is 0 Å². The number of halogens is 1. The van der Waals surface area contributed by atoms with E-state index in [1.54, 1.807) is 6.20 Å². The zero-order chi connectivity index (χ0) is 12.7. The van der Waals surface area contributed by atoms with Gasteiger partial charge in [-0.05, 0) is 59.3 Å². The smallest absolute Gasteiger partial charge is 0.178 e. The Balaban J connectivity index is 2.22. The summed E-state index contributed by atoms with van der Waals surface area (Å²) in [5, 5.41) is 0. The molecule has 0 unspecified atom stereocenters. The molecule has 3 aromatic rings. The van der Waals surface area contributed by atoms with Crippen molar-refractivity contribution in [1.82, 2.24) is 15.0 Å². The first-order valence-corrected chi connectivity index (χ1v) is 6.59. The molecule has 0 atom stereocenters. The molecule has 0 radical (unpaired) electrons. The molecule has 0 aliphatic rings. The standard InChI is InChI=1S/C13H11IN4/c1-7-2-3-16-13-11(7)17-12(18-13)8-4-9(14)6-10(15)5-8/h2-6H,15H2,1H3,(H,16,17,18). The number of aryl methyl sites for hydroxylation is 1. The highest BCUT2D eigenvalue weighted by molar-refractivity contribution is 14.1. The molecule has 0 saturated carbocycles. The number of hydrogen-bond acceptors (Lipinski definition) is 3. The number of rotatable bonds is 1. The Morgan fingerprint density at radius 1 is 1.28 bits per heavy atom. The van der Waals surface area contributed by atoms with Crippen molar-refractivity contribution in [2.45, 2.75) is 6.92 Å². The molecule has 1 aromatic carbocycles. The Hall–Kier alpha value is -1.63. The summed E-state index contributed by atoms with van der Waals surface area (Å²) in [5.41, 5.74) is 10.4. The highest BCUT2D eigenvalue weighted by atomic mass is 127. The molecule has 4 nitrogen and oxygen atoms in total. The van der Waals surface area contributed by atoms with Crippen molar-refractivity contribution in [3.8, 4) is 11.4 Å². The van der Waals surface area contributed by atoms with E-state index in [4.69, 9.17) is 5.73 Å². The van der Waals surface area contributed by atoms with Gasteiger partial charge >= 0.3 is 0 Å². The van der Waals surface area contributed by atoms with Gasteiger partial charge < -0.3 is 10.7 Å². The largest absolute Gasteiger partial charge is 0.399 e. The number of hydrogen-bond donors (Lipinski definition) is 2. The van der Waals surface area contributed by atoms with E-state index < -0.39 is 0 Å². The van der Waals surface area contributed by atoms with Crippen molar-refractivity contribution in [3.05, 3.63) is 39.6 Å². The molecule has 5 heteroatoms. The highest BCUT2D eigenvalue weighted by Crippen LogP contribution is 2.24. The van der Waals surface area contributed by atoms with Crippen LogP contribution in [0.15, 0.2) is 30.5 Å². The summed E-state index contributed by atoms with van der Waals surface area (Å²) in [5.74, 6) is 0.803. The molecule has 3 N–H and O–H groups in total. The van der Waals surface area contributed by atoms with Gasteiger partial charge in [0.25, 0.3) is 0 Å². The molecule has 0 saturated heterocycles. The zero-order valence-electron chi connectivity index (χ0n) is 9.74. The van der Waals surface area contributed by atoms with Crippen LogP contribution in [0, 0.1) is 10.5 Å². The van der Waals surface area contributed by atoms with Crippen molar-refractivity contribution in [2.24, 2.45) is 0 Å². The lowest BCUT2D eigenvalue weighted by Gasteiger charge is -2.00. The average Bonchev–Trinajstić information content (AvgIpc) is 2.73. The topological polar surface area (TPSA) is 67.6 Å². The SMILES string of the molecule is Cc1ccnc2nc(-c3cc(N)cc(I)c3)[nH]c12. The van der Waals surface area contributed by atoms with Crippen LogP contribution < -0.4 is 5.73 Å². The maximum Gasteiger partial charge on any atom is 0.178 e. The molecular formula is C13H11IN4. The number of nitrogens with one attached hydrogen (secondary N) is 1. The van der Waals surface area contributed by atoms with Gasteiger partial charge in [0.1, 0.15) is 5.82 Å². The van der Waals surface area contributed by atoms with Gasteiger partial charge in [-0.1, -0.05) is 0 Å². The number of benzene rings is 1. The Morgan fingerprint density at radius 2 is 2.11 bits per heavy atom. The number of nitrogen functional groups attached to an aromatic ring is 1. The van der Waals surface area contributed by atoms with E-state index in [0.717, 1.165) is 37.4 Å². The predicted octanol–water partition coefficient (Wildman–Crippen LogP) is 3.12. The molecular weight excluding hydrogens is 339 g/mol. The van der Waals surface area contributed by atoms with Crippen molar-refractivity contribution in [2.75, 3.05) is 5.73 Å². The second-order valence-electron chi connectivity index (χ2n) is 4.19. The summed E-state index contributed by atoms with van der Waals surface area (Å²) >= 11 is 2.25. The Bertz CT molecular complexity index is 713. The minimum absolute atomic E-state index is 0.738. The summed E-state index contributed by atoms with van der Waals surface area (Å²) in [6.07, 6.45) is 1.77. The summed E-state index contributed by atoms with van der Waals surface area (Å²) in [7, 11) is 0. The minimum Gasteiger partial charge on any atom is -0.399 e. The molecule has 0 bridgehead atoms. The summed E-state index contributed by atoms with van der Waals surface area (Å²) < 4.78 is 1.09. The van der Waals surface area contributed by atoms with Crippen LogP contribution in [0.1, 0.15) is 5.56 Å². The monoisotopic (exact) mass is 350 g/mol. The second-order valence-corrected chi connectivity index (χ2v) is 5.43. The van der Waals surface area contributed by atoms with E-state index in [2.05, 4.69) is 37.5 Å². The number of pyridine rings is 1. The number of imidazole rings is 1. The quantitative estimate of drug-likeness (QED) is 0.523. The number of nitrogens with zero attached hydrogens (tertiary/aromatic N) is 2. The molecule has 90 valence electrons. The average molecular weight is 350 g/mol. The van der Waals surface area contributed by atoms with Crippen LogP contribution in [-0.2, 0) is 0 Å². The number of nitrogens with two attached hydrogens (primary N) is 1. The van der Waals surface area contributed by atoms with Gasteiger partial charge in [-0.2, -0.15) is 0 Å². The van der Waals surface area contributed by atoms with Gasteiger partial charge in [0, 0.05) is 21.0 Å². The van der Waals surface area contributed by atoms with Crippen molar-refractivity contribution < 1.29 is 0 Å². The van der Waals surface area contributed by atoms with Gasteiger partial charge in [-0.3, -0.25) is 0 Å². The Labute approximate surface area is 118 Å². The minimum atomic E-state index is 0.738. The molecule has 0 spiro atoms.